The molecule has 0 bridgehead atoms. The van der Waals surface area contributed by atoms with Crippen LogP contribution in [0.3, 0.4) is 0 Å². The van der Waals surface area contributed by atoms with Gasteiger partial charge in [0.15, 0.2) is 0 Å². The quantitative estimate of drug-likeness (QED) is 0.649. The molecular formula is C16H26N4O. The third kappa shape index (κ3) is 3.94. The fourth-order valence-electron chi connectivity index (χ4n) is 2.95. The van der Waals surface area contributed by atoms with Gasteiger partial charge in [-0.25, -0.2) is 10.8 Å². The third-order valence-electron chi connectivity index (χ3n) is 4.40. The number of nitrogens with two attached hydrogens (primary N) is 1. The number of likely N-dealkylation sites (tertiary alicyclic amines) is 1. The standard InChI is InChI=1S/C16H26N4O/c1-16(2,3)13-5-4-9-20(10-8-13)15(21)12-6-7-14(19-17)18-11-12/h6-7,11,13H,4-5,8-10,17H2,1-3H3,(H,18,19). The maximum atomic E-state index is 12.5. The van der Waals surface area contributed by atoms with E-state index in [2.05, 4.69) is 31.2 Å². The van der Waals surface area contributed by atoms with Gasteiger partial charge in [-0.2, -0.15) is 0 Å². The summed E-state index contributed by atoms with van der Waals surface area (Å²) in [5.74, 6) is 6.60. The number of amides is 1. The fourth-order valence-corrected chi connectivity index (χ4v) is 2.95. The van der Waals surface area contributed by atoms with E-state index in [4.69, 9.17) is 5.84 Å². The van der Waals surface area contributed by atoms with Crippen molar-refractivity contribution in [1.29, 1.82) is 0 Å². The predicted molar refractivity (Wildman–Crippen MR) is 84.7 cm³/mol. The van der Waals surface area contributed by atoms with Crippen LogP contribution in [0.25, 0.3) is 0 Å². The SMILES string of the molecule is CC(C)(C)C1CCCN(C(=O)c2ccc(NN)nc2)CC1. The maximum absolute atomic E-state index is 12.5. The number of pyridine rings is 1. The number of anilines is 1. The molecule has 1 aliphatic heterocycles. The number of nitrogens with zero attached hydrogens (tertiary/aromatic N) is 2. The zero-order chi connectivity index (χ0) is 15.5. The molecule has 1 aromatic rings. The van der Waals surface area contributed by atoms with Crippen molar-refractivity contribution in [2.24, 2.45) is 17.2 Å². The van der Waals surface area contributed by atoms with Crippen LogP contribution in [0.5, 0.6) is 0 Å². The van der Waals surface area contributed by atoms with Crippen molar-refractivity contribution in [3.05, 3.63) is 23.9 Å². The normalized spacial score (nSPS) is 20.0. The molecule has 5 heteroatoms. The number of hydrazine groups is 1. The molecule has 0 aromatic carbocycles. The molecule has 1 amide bonds. The fraction of sp³-hybridized carbons (Fsp3) is 0.625. The highest BCUT2D eigenvalue weighted by atomic mass is 16.2. The number of nitrogen functional groups attached to an aromatic ring is 1. The molecule has 1 saturated heterocycles. The van der Waals surface area contributed by atoms with Crippen molar-refractivity contribution in [2.45, 2.75) is 40.0 Å². The Labute approximate surface area is 126 Å². The highest BCUT2D eigenvalue weighted by Crippen LogP contribution is 2.34. The van der Waals surface area contributed by atoms with Crippen molar-refractivity contribution >= 4 is 11.7 Å². The minimum Gasteiger partial charge on any atom is -0.339 e. The first-order valence-electron chi connectivity index (χ1n) is 7.64. The molecule has 21 heavy (non-hydrogen) atoms. The number of rotatable bonds is 2. The van der Waals surface area contributed by atoms with E-state index in [-0.39, 0.29) is 5.91 Å². The van der Waals surface area contributed by atoms with Gasteiger partial charge in [0, 0.05) is 19.3 Å². The highest BCUT2D eigenvalue weighted by Gasteiger charge is 2.28. The van der Waals surface area contributed by atoms with Crippen LogP contribution in [0, 0.1) is 11.3 Å². The molecule has 1 unspecified atom stereocenters. The lowest BCUT2D eigenvalue weighted by atomic mass is 9.77. The summed E-state index contributed by atoms with van der Waals surface area (Å²) < 4.78 is 0. The number of hydrogen-bond donors (Lipinski definition) is 2. The first-order chi connectivity index (χ1) is 9.91. The molecule has 2 rings (SSSR count). The number of carbonyl (C=O) groups is 1. The number of nitrogens with one attached hydrogen (secondary N) is 1. The summed E-state index contributed by atoms with van der Waals surface area (Å²) in [7, 11) is 0. The van der Waals surface area contributed by atoms with Crippen LogP contribution in [0.2, 0.25) is 0 Å². The van der Waals surface area contributed by atoms with Gasteiger partial charge in [0.25, 0.3) is 5.91 Å². The Balaban J connectivity index is 2.02. The minimum absolute atomic E-state index is 0.0700. The van der Waals surface area contributed by atoms with E-state index in [1.54, 1.807) is 18.3 Å². The Kier molecular flexibility index (Phi) is 4.83. The van der Waals surface area contributed by atoms with Crippen LogP contribution in [0.1, 0.15) is 50.4 Å². The topological polar surface area (TPSA) is 71.2 Å². The summed E-state index contributed by atoms with van der Waals surface area (Å²) >= 11 is 0. The summed E-state index contributed by atoms with van der Waals surface area (Å²) in [5.41, 5.74) is 3.41. The molecular weight excluding hydrogens is 264 g/mol. The second-order valence-electron chi connectivity index (χ2n) is 6.86. The Hall–Kier alpha value is -1.62. The molecule has 3 N–H and O–H groups in total. The summed E-state index contributed by atoms with van der Waals surface area (Å²) in [4.78, 5) is 18.6. The van der Waals surface area contributed by atoms with E-state index < -0.39 is 0 Å². The summed E-state index contributed by atoms with van der Waals surface area (Å²) in [6, 6.07) is 3.50. The molecule has 1 aromatic heterocycles. The van der Waals surface area contributed by atoms with Crippen molar-refractivity contribution < 1.29 is 4.79 Å². The van der Waals surface area contributed by atoms with Gasteiger partial charge in [-0.1, -0.05) is 20.8 Å². The van der Waals surface area contributed by atoms with Gasteiger partial charge >= 0.3 is 0 Å². The van der Waals surface area contributed by atoms with Gasteiger partial charge in [0.2, 0.25) is 0 Å². The number of hydrogen-bond acceptors (Lipinski definition) is 4. The van der Waals surface area contributed by atoms with Crippen molar-refractivity contribution in [3.63, 3.8) is 0 Å². The second-order valence-corrected chi connectivity index (χ2v) is 6.86. The van der Waals surface area contributed by atoms with Crippen LogP contribution in [-0.4, -0.2) is 28.9 Å². The number of carbonyl (C=O) groups excluding carboxylic acids is 1. The van der Waals surface area contributed by atoms with E-state index in [9.17, 15) is 4.79 Å². The van der Waals surface area contributed by atoms with Gasteiger partial charge in [0.1, 0.15) is 5.82 Å². The van der Waals surface area contributed by atoms with Crippen LogP contribution < -0.4 is 11.3 Å². The van der Waals surface area contributed by atoms with Gasteiger partial charge in [-0.3, -0.25) is 4.79 Å². The molecule has 1 atom stereocenters. The zero-order valence-corrected chi connectivity index (χ0v) is 13.2. The molecule has 0 saturated carbocycles. The van der Waals surface area contributed by atoms with Gasteiger partial charge in [-0.05, 0) is 42.7 Å². The minimum atomic E-state index is 0.0700. The molecule has 116 valence electrons. The summed E-state index contributed by atoms with van der Waals surface area (Å²) in [5, 5.41) is 0. The summed E-state index contributed by atoms with van der Waals surface area (Å²) in [6.07, 6.45) is 4.93. The lowest BCUT2D eigenvalue weighted by Gasteiger charge is -2.29. The van der Waals surface area contributed by atoms with Crippen molar-refractivity contribution in [2.75, 3.05) is 18.5 Å². The van der Waals surface area contributed by atoms with E-state index in [1.807, 2.05) is 4.90 Å². The van der Waals surface area contributed by atoms with Gasteiger partial charge in [0.05, 0.1) is 5.56 Å². The average Bonchev–Trinajstić information content (AvgIpc) is 2.72. The Morgan fingerprint density at radius 1 is 1.33 bits per heavy atom. The third-order valence-corrected chi connectivity index (χ3v) is 4.40. The van der Waals surface area contributed by atoms with Crippen LogP contribution in [-0.2, 0) is 0 Å². The van der Waals surface area contributed by atoms with Crippen molar-refractivity contribution in [1.82, 2.24) is 9.88 Å². The number of aromatic nitrogens is 1. The predicted octanol–water partition coefficient (Wildman–Crippen LogP) is 2.66. The first kappa shape index (κ1) is 15.8. The largest absolute Gasteiger partial charge is 0.339 e. The van der Waals surface area contributed by atoms with E-state index >= 15 is 0 Å². The molecule has 1 fully saturated rings. The van der Waals surface area contributed by atoms with E-state index in [0.717, 1.165) is 25.9 Å². The molecule has 5 nitrogen and oxygen atoms in total. The Morgan fingerprint density at radius 3 is 2.67 bits per heavy atom. The molecule has 1 aliphatic rings. The Morgan fingerprint density at radius 2 is 2.10 bits per heavy atom. The molecule has 0 radical (unpaired) electrons. The second kappa shape index (κ2) is 6.43. The monoisotopic (exact) mass is 290 g/mol. The van der Waals surface area contributed by atoms with Crippen LogP contribution >= 0.6 is 0 Å². The lowest BCUT2D eigenvalue weighted by Crippen LogP contribution is -2.32. The van der Waals surface area contributed by atoms with Crippen LogP contribution in [0.15, 0.2) is 18.3 Å². The smallest absolute Gasteiger partial charge is 0.255 e. The lowest BCUT2D eigenvalue weighted by molar-refractivity contribution is 0.0755. The highest BCUT2D eigenvalue weighted by molar-refractivity contribution is 5.94. The molecule has 0 spiro atoms. The maximum Gasteiger partial charge on any atom is 0.255 e. The average molecular weight is 290 g/mol. The molecule has 2 heterocycles. The zero-order valence-electron chi connectivity index (χ0n) is 13.2. The van der Waals surface area contributed by atoms with Gasteiger partial charge in [-0.15, -0.1) is 0 Å². The van der Waals surface area contributed by atoms with E-state index in [1.165, 1.54) is 6.42 Å². The van der Waals surface area contributed by atoms with Gasteiger partial charge < -0.3 is 10.3 Å². The van der Waals surface area contributed by atoms with E-state index in [0.29, 0.717) is 22.7 Å². The Bertz CT molecular complexity index is 478. The molecule has 0 aliphatic carbocycles. The summed E-state index contributed by atoms with van der Waals surface area (Å²) in [6.45, 7) is 8.53. The van der Waals surface area contributed by atoms with Crippen LogP contribution in [0.4, 0.5) is 5.82 Å². The first-order valence-corrected chi connectivity index (χ1v) is 7.64. The van der Waals surface area contributed by atoms with Crippen molar-refractivity contribution in [3.8, 4) is 0 Å².